The summed E-state index contributed by atoms with van der Waals surface area (Å²) < 4.78 is 16.7. The van der Waals surface area contributed by atoms with Gasteiger partial charge < -0.3 is 19.1 Å². The minimum absolute atomic E-state index is 0.0921. The first-order chi connectivity index (χ1) is 15.5. The number of rotatable bonds is 6. The minimum Gasteiger partial charge on any atom is -0.493 e. The van der Waals surface area contributed by atoms with Crippen LogP contribution in [0.5, 0.6) is 17.2 Å². The monoisotopic (exact) mass is 471 g/mol. The molecule has 7 heteroatoms. The molecular weight excluding hydrogens is 449 g/mol. The molecule has 3 aromatic rings. The quantitative estimate of drug-likeness (QED) is 0.471. The van der Waals surface area contributed by atoms with Crippen LogP contribution in [-0.2, 0) is 11.2 Å². The average Bonchev–Trinajstić information content (AvgIpc) is 2.82. The van der Waals surface area contributed by atoms with E-state index in [0.29, 0.717) is 40.3 Å². The van der Waals surface area contributed by atoms with E-state index in [1.165, 1.54) is 0 Å². The van der Waals surface area contributed by atoms with Crippen LogP contribution >= 0.6 is 23.2 Å². The Balaban J connectivity index is 1.69. The summed E-state index contributed by atoms with van der Waals surface area (Å²) in [5, 5.41) is 1.20. The summed E-state index contributed by atoms with van der Waals surface area (Å²) in [6.07, 6.45) is 0.684. The highest BCUT2D eigenvalue weighted by Crippen LogP contribution is 2.42. The van der Waals surface area contributed by atoms with Crippen molar-refractivity contribution in [2.24, 2.45) is 0 Å². The highest BCUT2D eigenvalue weighted by molar-refractivity contribution is 6.31. The number of methoxy groups -OCH3 is 2. The van der Waals surface area contributed by atoms with Gasteiger partial charge in [0.1, 0.15) is 5.75 Å². The molecule has 0 unspecified atom stereocenters. The predicted octanol–water partition coefficient (Wildman–Crippen LogP) is 5.56. The van der Waals surface area contributed by atoms with Crippen molar-refractivity contribution in [2.45, 2.75) is 12.5 Å². The molecule has 0 N–H and O–H groups in total. The van der Waals surface area contributed by atoms with Gasteiger partial charge in [0.15, 0.2) is 18.1 Å². The van der Waals surface area contributed by atoms with E-state index >= 15 is 0 Å². The molecule has 1 atom stereocenters. The number of hydrogen-bond donors (Lipinski definition) is 0. The van der Waals surface area contributed by atoms with Gasteiger partial charge in [-0.25, -0.2) is 0 Å². The highest BCUT2D eigenvalue weighted by Gasteiger charge is 2.34. The number of benzene rings is 3. The van der Waals surface area contributed by atoms with Crippen molar-refractivity contribution in [3.05, 3.63) is 87.4 Å². The summed E-state index contributed by atoms with van der Waals surface area (Å²) in [5.74, 6) is 1.72. The molecule has 3 aromatic carbocycles. The number of carbonyl (C=O) groups excluding carboxylic acids is 1. The van der Waals surface area contributed by atoms with Gasteiger partial charge in [0, 0.05) is 16.6 Å². The Hall–Kier alpha value is -2.89. The molecule has 0 saturated carbocycles. The van der Waals surface area contributed by atoms with E-state index in [1.54, 1.807) is 38.5 Å². The molecule has 32 heavy (non-hydrogen) atoms. The zero-order valence-corrected chi connectivity index (χ0v) is 19.3. The zero-order chi connectivity index (χ0) is 22.7. The molecule has 5 nitrogen and oxygen atoms in total. The third-order valence-corrected chi connectivity index (χ3v) is 6.17. The molecule has 0 bridgehead atoms. The Morgan fingerprint density at radius 1 is 0.969 bits per heavy atom. The maximum atomic E-state index is 13.3. The standard InChI is InChI=1S/C25H23Cl2NO4/c1-30-22-13-16-11-12-28(24(29)15-32-18-9-7-17(26)8-10-18)25(20(16)14-23(22)31-2)19-5-3-4-6-21(19)27/h3-10,13-14,25H,11-12,15H2,1-2H3/t25-/m1/s1. The molecule has 0 radical (unpaired) electrons. The highest BCUT2D eigenvalue weighted by atomic mass is 35.5. The normalized spacial score (nSPS) is 15.1. The third-order valence-electron chi connectivity index (χ3n) is 5.57. The van der Waals surface area contributed by atoms with E-state index in [0.717, 1.165) is 16.7 Å². The molecular formula is C25H23Cl2NO4. The van der Waals surface area contributed by atoms with E-state index in [-0.39, 0.29) is 18.6 Å². The SMILES string of the molecule is COc1cc2c(cc1OC)[C@@H](c1ccccc1Cl)N(C(=O)COc1ccc(Cl)cc1)CC2. The predicted molar refractivity (Wildman–Crippen MR) is 125 cm³/mol. The molecule has 1 heterocycles. The lowest BCUT2D eigenvalue weighted by Crippen LogP contribution is -2.43. The molecule has 1 amide bonds. The van der Waals surface area contributed by atoms with Crippen molar-refractivity contribution in [2.75, 3.05) is 27.4 Å². The van der Waals surface area contributed by atoms with E-state index < -0.39 is 0 Å². The van der Waals surface area contributed by atoms with Gasteiger partial charge in [-0.2, -0.15) is 0 Å². The largest absolute Gasteiger partial charge is 0.493 e. The van der Waals surface area contributed by atoms with Crippen molar-refractivity contribution in [3.63, 3.8) is 0 Å². The van der Waals surface area contributed by atoms with Crippen LogP contribution in [0.15, 0.2) is 60.7 Å². The van der Waals surface area contributed by atoms with Crippen LogP contribution in [0, 0.1) is 0 Å². The van der Waals surface area contributed by atoms with Crippen molar-refractivity contribution in [1.29, 1.82) is 0 Å². The van der Waals surface area contributed by atoms with Crippen LogP contribution in [0.3, 0.4) is 0 Å². The number of amides is 1. The second-order valence-electron chi connectivity index (χ2n) is 7.41. The maximum Gasteiger partial charge on any atom is 0.261 e. The molecule has 0 fully saturated rings. The molecule has 166 valence electrons. The lowest BCUT2D eigenvalue weighted by Gasteiger charge is -2.38. The number of fused-ring (bicyclic) bond motifs is 1. The number of nitrogens with zero attached hydrogens (tertiary/aromatic N) is 1. The second-order valence-corrected chi connectivity index (χ2v) is 8.25. The fourth-order valence-corrected chi connectivity index (χ4v) is 4.37. The Bertz CT molecular complexity index is 1120. The second kappa shape index (κ2) is 9.72. The fourth-order valence-electron chi connectivity index (χ4n) is 4.01. The summed E-state index contributed by atoms with van der Waals surface area (Å²) in [4.78, 5) is 15.1. The Kier molecular flexibility index (Phi) is 6.77. The molecule has 0 aliphatic carbocycles. The first kappa shape index (κ1) is 22.3. The summed E-state index contributed by atoms with van der Waals surface area (Å²) in [5.41, 5.74) is 2.90. The zero-order valence-electron chi connectivity index (χ0n) is 17.8. The first-order valence-electron chi connectivity index (χ1n) is 10.2. The van der Waals surface area contributed by atoms with Gasteiger partial charge in [-0.15, -0.1) is 0 Å². The Morgan fingerprint density at radius 3 is 2.34 bits per heavy atom. The summed E-state index contributed by atoms with van der Waals surface area (Å²) in [6, 6.07) is 18.0. The van der Waals surface area contributed by atoms with E-state index in [2.05, 4.69) is 0 Å². The molecule has 4 rings (SSSR count). The number of halogens is 2. The lowest BCUT2D eigenvalue weighted by molar-refractivity contribution is -0.135. The van der Waals surface area contributed by atoms with E-state index in [9.17, 15) is 4.79 Å². The van der Waals surface area contributed by atoms with Gasteiger partial charge in [-0.05, 0) is 65.6 Å². The topological polar surface area (TPSA) is 48.0 Å². The maximum absolute atomic E-state index is 13.3. The van der Waals surface area contributed by atoms with Crippen molar-refractivity contribution < 1.29 is 19.0 Å². The van der Waals surface area contributed by atoms with Crippen LogP contribution < -0.4 is 14.2 Å². The molecule has 0 saturated heterocycles. The van der Waals surface area contributed by atoms with Gasteiger partial charge in [-0.3, -0.25) is 4.79 Å². The van der Waals surface area contributed by atoms with Gasteiger partial charge >= 0.3 is 0 Å². The lowest BCUT2D eigenvalue weighted by atomic mass is 9.87. The van der Waals surface area contributed by atoms with Crippen molar-refractivity contribution in [1.82, 2.24) is 4.90 Å². The minimum atomic E-state index is -0.367. The fraction of sp³-hybridized carbons (Fsp3) is 0.240. The van der Waals surface area contributed by atoms with Gasteiger partial charge in [0.2, 0.25) is 0 Å². The molecule has 1 aliphatic rings. The van der Waals surface area contributed by atoms with Gasteiger partial charge in [0.05, 0.1) is 20.3 Å². The molecule has 0 aromatic heterocycles. The van der Waals surface area contributed by atoms with Crippen LogP contribution in [0.2, 0.25) is 10.0 Å². The third kappa shape index (κ3) is 4.50. The first-order valence-corrected chi connectivity index (χ1v) is 10.9. The van der Waals surface area contributed by atoms with Gasteiger partial charge in [-0.1, -0.05) is 41.4 Å². The van der Waals surface area contributed by atoms with Crippen LogP contribution in [0.4, 0.5) is 0 Å². The van der Waals surface area contributed by atoms with E-state index in [4.69, 9.17) is 37.4 Å². The van der Waals surface area contributed by atoms with Crippen LogP contribution in [-0.4, -0.2) is 38.2 Å². The van der Waals surface area contributed by atoms with Crippen molar-refractivity contribution >= 4 is 29.1 Å². The summed E-state index contributed by atoms with van der Waals surface area (Å²) >= 11 is 12.5. The Labute approximate surface area is 197 Å². The van der Waals surface area contributed by atoms with Crippen molar-refractivity contribution in [3.8, 4) is 17.2 Å². The van der Waals surface area contributed by atoms with E-state index in [1.807, 2.05) is 41.3 Å². The smallest absolute Gasteiger partial charge is 0.261 e. The molecule has 1 aliphatic heterocycles. The van der Waals surface area contributed by atoms with Crippen LogP contribution in [0.25, 0.3) is 0 Å². The number of hydrogen-bond acceptors (Lipinski definition) is 4. The average molecular weight is 472 g/mol. The summed E-state index contributed by atoms with van der Waals surface area (Å²) in [6.45, 7) is 0.437. The van der Waals surface area contributed by atoms with Crippen LogP contribution in [0.1, 0.15) is 22.7 Å². The Morgan fingerprint density at radius 2 is 1.66 bits per heavy atom. The number of carbonyl (C=O) groups is 1. The number of ether oxygens (including phenoxy) is 3. The van der Waals surface area contributed by atoms with Gasteiger partial charge in [0.25, 0.3) is 5.91 Å². The summed E-state index contributed by atoms with van der Waals surface area (Å²) in [7, 11) is 3.21. The molecule has 0 spiro atoms.